The van der Waals surface area contributed by atoms with Crippen molar-refractivity contribution in [1.82, 2.24) is 9.62 Å². The van der Waals surface area contributed by atoms with Crippen molar-refractivity contribution in [3.63, 3.8) is 0 Å². The van der Waals surface area contributed by atoms with Crippen LogP contribution >= 0.6 is 0 Å². The summed E-state index contributed by atoms with van der Waals surface area (Å²) in [5.74, 6) is 0.462. The number of likely N-dealkylation sites (N-methyl/N-ethyl adjacent to an activating group) is 1. The molecule has 8 nitrogen and oxygen atoms in total. The maximum atomic E-state index is 12.4. The number of nitrogens with one attached hydrogen (secondary N) is 1. The molecule has 1 aromatic rings. The third-order valence-corrected chi connectivity index (χ3v) is 5.76. The number of hydrogen-bond acceptors (Lipinski definition) is 6. The van der Waals surface area contributed by atoms with Gasteiger partial charge in [-0.05, 0) is 45.0 Å². The molecular weight excluding hydrogens is 344 g/mol. The number of nitro benzene ring substituents is 1. The first kappa shape index (κ1) is 19.6. The van der Waals surface area contributed by atoms with E-state index in [4.69, 9.17) is 0 Å². The molecule has 2 rings (SSSR count). The summed E-state index contributed by atoms with van der Waals surface area (Å²) in [6.07, 6.45) is 2.08. The number of hydrogen-bond donors (Lipinski definition) is 1. The molecular formula is C16H26N4O4S. The molecule has 9 heteroatoms. The summed E-state index contributed by atoms with van der Waals surface area (Å²) in [6.45, 7) is 4.40. The molecule has 140 valence electrons. The van der Waals surface area contributed by atoms with E-state index in [1.54, 1.807) is 6.07 Å². The summed E-state index contributed by atoms with van der Waals surface area (Å²) in [7, 11) is -0.0882. The number of sulfonamides is 1. The Bertz CT molecular complexity index is 721. The zero-order valence-electron chi connectivity index (χ0n) is 14.9. The summed E-state index contributed by atoms with van der Waals surface area (Å²) < 4.78 is 27.2. The van der Waals surface area contributed by atoms with E-state index in [0.717, 1.165) is 32.0 Å². The van der Waals surface area contributed by atoms with E-state index >= 15 is 0 Å². The highest BCUT2D eigenvalue weighted by Crippen LogP contribution is 2.33. The lowest BCUT2D eigenvalue weighted by Gasteiger charge is -2.32. The van der Waals surface area contributed by atoms with Crippen LogP contribution in [0.5, 0.6) is 0 Å². The van der Waals surface area contributed by atoms with Crippen molar-refractivity contribution in [3.8, 4) is 0 Å². The van der Waals surface area contributed by atoms with Gasteiger partial charge in [-0.25, -0.2) is 13.1 Å². The molecule has 1 saturated heterocycles. The smallest absolute Gasteiger partial charge is 0.293 e. The van der Waals surface area contributed by atoms with Crippen LogP contribution in [0.25, 0.3) is 0 Å². The van der Waals surface area contributed by atoms with Gasteiger partial charge in [0.25, 0.3) is 5.69 Å². The Morgan fingerprint density at radius 1 is 1.40 bits per heavy atom. The Labute approximate surface area is 149 Å². The molecule has 1 heterocycles. The highest BCUT2D eigenvalue weighted by atomic mass is 32.2. The molecule has 1 atom stereocenters. The number of piperidine rings is 1. The third-order valence-electron chi connectivity index (χ3n) is 4.30. The fourth-order valence-electron chi connectivity index (χ4n) is 2.98. The van der Waals surface area contributed by atoms with E-state index in [0.29, 0.717) is 18.2 Å². The quantitative estimate of drug-likeness (QED) is 0.579. The molecule has 1 aromatic carbocycles. The van der Waals surface area contributed by atoms with Crippen LogP contribution in [0.2, 0.25) is 0 Å². The normalized spacial score (nSPS) is 18.6. The lowest BCUT2D eigenvalue weighted by Crippen LogP contribution is -2.35. The molecule has 1 fully saturated rings. The van der Waals surface area contributed by atoms with Crippen LogP contribution in [0.15, 0.2) is 23.1 Å². The van der Waals surface area contributed by atoms with Gasteiger partial charge in [-0.1, -0.05) is 6.92 Å². The van der Waals surface area contributed by atoms with E-state index in [1.165, 1.54) is 6.07 Å². The van der Waals surface area contributed by atoms with Gasteiger partial charge in [0.15, 0.2) is 0 Å². The summed E-state index contributed by atoms with van der Waals surface area (Å²) in [5.41, 5.74) is 0.327. The van der Waals surface area contributed by atoms with E-state index in [1.807, 2.05) is 23.9 Å². The third kappa shape index (κ3) is 5.13. The number of anilines is 1. The topological polar surface area (TPSA) is 95.8 Å². The maximum Gasteiger partial charge on any atom is 0.293 e. The SMILES string of the molecule is CC1CCCN(c2ccc(S(=O)(=O)NCCN(C)C)cc2[N+](=O)[O-])C1. The van der Waals surface area contributed by atoms with Crippen LogP contribution in [0, 0.1) is 16.0 Å². The summed E-state index contributed by atoms with van der Waals surface area (Å²) in [6, 6.07) is 4.16. The van der Waals surface area contributed by atoms with Gasteiger partial charge in [0.05, 0.1) is 9.82 Å². The van der Waals surface area contributed by atoms with Crippen molar-refractivity contribution in [2.75, 3.05) is 45.2 Å². The van der Waals surface area contributed by atoms with Crippen molar-refractivity contribution in [3.05, 3.63) is 28.3 Å². The average molecular weight is 370 g/mol. The maximum absolute atomic E-state index is 12.4. The highest BCUT2D eigenvalue weighted by Gasteiger charge is 2.26. The van der Waals surface area contributed by atoms with Gasteiger partial charge < -0.3 is 9.80 Å². The van der Waals surface area contributed by atoms with Crippen LogP contribution < -0.4 is 9.62 Å². The van der Waals surface area contributed by atoms with Crippen molar-refractivity contribution in [2.45, 2.75) is 24.7 Å². The number of nitro groups is 1. The Morgan fingerprint density at radius 2 is 2.12 bits per heavy atom. The minimum absolute atomic E-state index is 0.0771. The van der Waals surface area contributed by atoms with Crippen molar-refractivity contribution in [2.24, 2.45) is 5.92 Å². The molecule has 0 radical (unpaired) electrons. The molecule has 1 aliphatic heterocycles. The molecule has 25 heavy (non-hydrogen) atoms. The Morgan fingerprint density at radius 3 is 2.72 bits per heavy atom. The zero-order valence-corrected chi connectivity index (χ0v) is 15.8. The van der Waals surface area contributed by atoms with Gasteiger partial charge >= 0.3 is 0 Å². The first-order valence-corrected chi connectivity index (χ1v) is 9.87. The van der Waals surface area contributed by atoms with E-state index in [-0.39, 0.29) is 17.1 Å². The average Bonchev–Trinajstić information content (AvgIpc) is 2.53. The van der Waals surface area contributed by atoms with Gasteiger partial charge in [0.2, 0.25) is 10.0 Å². The zero-order chi connectivity index (χ0) is 18.6. The molecule has 0 saturated carbocycles. The minimum Gasteiger partial charge on any atom is -0.366 e. The second-order valence-electron chi connectivity index (χ2n) is 6.80. The molecule has 0 spiro atoms. The molecule has 1 unspecified atom stereocenters. The van der Waals surface area contributed by atoms with Gasteiger partial charge in [-0.15, -0.1) is 0 Å². The predicted octanol–water partition coefficient (Wildman–Crippen LogP) is 1.67. The number of rotatable bonds is 7. The van der Waals surface area contributed by atoms with E-state index in [9.17, 15) is 18.5 Å². The minimum atomic E-state index is -3.77. The fourth-order valence-corrected chi connectivity index (χ4v) is 4.02. The van der Waals surface area contributed by atoms with Gasteiger partial charge in [-0.3, -0.25) is 10.1 Å². The summed E-state index contributed by atoms with van der Waals surface area (Å²) >= 11 is 0. The largest absolute Gasteiger partial charge is 0.366 e. The van der Waals surface area contributed by atoms with Gasteiger partial charge in [0.1, 0.15) is 5.69 Å². The van der Waals surface area contributed by atoms with Crippen molar-refractivity contribution in [1.29, 1.82) is 0 Å². The molecule has 0 bridgehead atoms. The van der Waals surface area contributed by atoms with Crippen LogP contribution in [-0.2, 0) is 10.0 Å². The van der Waals surface area contributed by atoms with Gasteiger partial charge in [-0.2, -0.15) is 0 Å². The predicted molar refractivity (Wildman–Crippen MR) is 97.4 cm³/mol. The van der Waals surface area contributed by atoms with E-state index in [2.05, 4.69) is 11.6 Å². The molecule has 1 N–H and O–H groups in total. The van der Waals surface area contributed by atoms with Crippen molar-refractivity contribution < 1.29 is 13.3 Å². The Kier molecular flexibility index (Phi) is 6.36. The number of benzene rings is 1. The van der Waals surface area contributed by atoms with Crippen molar-refractivity contribution >= 4 is 21.4 Å². The molecule has 0 aromatic heterocycles. The first-order chi connectivity index (χ1) is 11.7. The summed E-state index contributed by atoms with van der Waals surface area (Å²) in [5, 5.41) is 11.5. The second-order valence-corrected chi connectivity index (χ2v) is 8.57. The van der Waals surface area contributed by atoms with Crippen LogP contribution in [0.4, 0.5) is 11.4 Å². The standard InChI is InChI=1S/C16H26N4O4S/c1-13-5-4-9-19(12-13)15-7-6-14(11-16(15)20(21)22)25(23,24)17-8-10-18(2)3/h6-7,11,13,17H,4-5,8-10,12H2,1-3H3. The lowest BCUT2D eigenvalue weighted by atomic mass is 9.99. The van der Waals surface area contributed by atoms with E-state index < -0.39 is 14.9 Å². The lowest BCUT2D eigenvalue weighted by molar-refractivity contribution is -0.384. The molecule has 0 aliphatic carbocycles. The first-order valence-electron chi connectivity index (χ1n) is 8.38. The van der Waals surface area contributed by atoms with Crippen LogP contribution in [0.1, 0.15) is 19.8 Å². The van der Waals surface area contributed by atoms with Gasteiger partial charge in [0, 0.05) is 32.2 Å². The van der Waals surface area contributed by atoms with Crippen LogP contribution in [0.3, 0.4) is 0 Å². The van der Waals surface area contributed by atoms with Crippen LogP contribution in [-0.4, -0.2) is 58.5 Å². The Balaban J connectivity index is 2.27. The summed E-state index contributed by atoms with van der Waals surface area (Å²) in [4.78, 5) is 14.7. The number of nitrogens with zero attached hydrogens (tertiary/aromatic N) is 3. The monoisotopic (exact) mass is 370 g/mol. The molecule has 0 amide bonds. The Hall–Kier alpha value is -1.71. The second kappa shape index (κ2) is 8.11. The molecule has 1 aliphatic rings. The highest BCUT2D eigenvalue weighted by molar-refractivity contribution is 7.89. The fraction of sp³-hybridized carbons (Fsp3) is 0.625.